The summed E-state index contributed by atoms with van der Waals surface area (Å²) in [5.74, 6) is -0.471. The lowest BCUT2D eigenvalue weighted by molar-refractivity contribution is -0.155. The predicted octanol–water partition coefficient (Wildman–Crippen LogP) is 1.54. The molecular formula is C12H13ClO5S. The van der Waals surface area contributed by atoms with Gasteiger partial charge in [0.05, 0.1) is 18.6 Å². The Hall–Kier alpha value is -1.11. The molecule has 1 heterocycles. The van der Waals surface area contributed by atoms with E-state index in [0.29, 0.717) is 5.56 Å². The second-order valence-electron chi connectivity index (χ2n) is 4.35. The third kappa shape index (κ3) is 2.91. The highest BCUT2D eigenvalue weighted by Crippen LogP contribution is 2.28. The number of carbonyl (C=O) groups is 1. The van der Waals surface area contributed by atoms with Gasteiger partial charge in [-0.15, -0.1) is 0 Å². The Morgan fingerprint density at radius 2 is 2.11 bits per heavy atom. The molecule has 0 fully saturated rings. The zero-order valence-corrected chi connectivity index (χ0v) is 12.0. The Bertz CT molecular complexity index is 623. The molecule has 7 heteroatoms. The molecule has 0 bridgehead atoms. The van der Waals surface area contributed by atoms with Crippen LogP contribution in [0.3, 0.4) is 0 Å². The maximum Gasteiger partial charge on any atom is 0.335 e. The van der Waals surface area contributed by atoms with Crippen LogP contribution in [0.25, 0.3) is 0 Å². The van der Waals surface area contributed by atoms with E-state index in [-0.39, 0.29) is 17.9 Å². The zero-order valence-electron chi connectivity index (χ0n) is 10.5. The maximum atomic E-state index is 11.5. The number of halogens is 1. The summed E-state index contributed by atoms with van der Waals surface area (Å²) in [6.45, 7) is 1.92. The third-order valence-electron chi connectivity index (χ3n) is 3.07. The van der Waals surface area contributed by atoms with Gasteiger partial charge < -0.3 is 9.47 Å². The first-order valence-electron chi connectivity index (χ1n) is 5.59. The summed E-state index contributed by atoms with van der Waals surface area (Å²) in [6.07, 6.45) is -0.423. The summed E-state index contributed by atoms with van der Waals surface area (Å²) in [6, 6.07) is 3.23. The van der Waals surface area contributed by atoms with Crippen molar-refractivity contribution in [3.63, 3.8) is 0 Å². The minimum absolute atomic E-state index is 0.0680. The maximum absolute atomic E-state index is 11.5. The normalized spacial score (nSPS) is 18.8. The molecule has 104 valence electrons. The molecule has 1 aromatic rings. The highest BCUT2D eigenvalue weighted by molar-refractivity contribution is 8.13. The van der Waals surface area contributed by atoms with Gasteiger partial charge in [0.2, 0.25) is 0 Å². The van der Waals surface area contributed by atoms with Crippen LogP contribution in [0, 0.1) is 6.92 Å². The minimum atomic E-state index is -3.80. The molecule has 0 aromatic heterocycles. The van der Waals surface area contributed by atoms with Crippen LogP contribution in [0.5, 0.6) is 0 Å². The van der Waals surface area contributed by atoms with E-state index in [2.05, 4.69) is 4.74 Å². The van der Waals surface area contributed by atoms with Crippen molar-refractivity contribution in [1.82, 2.24) is 0 Å². The van der Waals surface area contributed by atoms with Gasteiger partial charge in [0.1, 0.15) is 0 Å². The van der Waals surface area contributed by atoms with Gasteiger partial charge in [0, 0.05) is 17.1 Å². The number of methoxy groups -OCH3 is 1. The number of carbonyl (C=O) groups excluding carboxylic acids is 1. The van der Waals surface area contributed by atoms with Crippen LogP contribution in [0.4, 0.5) is 0 Å². The predicted molar refractivity (Wildman–Crippen MR) is 68.5 cm³/mol. The Morgan fingerprint density at radius 3 is 2.68 bits per heavy atom. The van der Waals surface area contributed by atoms with E-state index >= 15 is 0 Å². The van der Waals surface area contributed by atoms with Gasteiger partial charge >= 0.3 is 5.97 Å². The van der Waals surface area contributed by atoms with Gasteiger partial charge in [-0.1, -0.05) is 6.07 Å². The fraction of sp³-hybridized carbons (Fsp3) is 0.417. The average Bonchev–Trinajstić information content (AvgIpc) is 2.35. The van der Waals surface area contributed by atoms with Crippen LogP contribution in [-0.4, -0.2) is 27.6 Å². The lowest BCUT2D eigenvalue weighted by Crippen LogP contribution is -2.31. The molecule has 1 aliphatic heterocycles. The summed E-state index contributed by atoms with van der Waals surface area (Å²) in [7, 11) is 2.87. The van der Waals surface area contributed by atoms with Gasteiger partial charge in [-0.05, 0) is 29.7 Å². The largest absolute Gasteiger partial charge is 0.467 e. The van der Waals surface area contributed by atoms with Crippen molar-refractivity contribution in [1.29, 1.82) is 0 Å². The number of hydrogen-bond donors (Lipinski definition) is 0. The number of hydrogen-bond acceptors (Lipinski definition) is 5. The lowest BCUT2D eigenvalue weighted by Gasteiger charge is -2.24. The zero-order chi connectivity index (χ0) is 14.2. The summed E-state index contributed by atoms with van der Waals surface area (Å²) in [5.41, 5.74) is 2.17. The third-order valence-corrected chi connectivity index (χ3v) is 4.53. The lowest BCUT2D eigenvalue weighted by atomic mass is 9.97. The molecule has 0 saturated heterocycles. The van der Waals surface area contributed by atoms with Gasteiger partial charge in [-0.2, -0.15) is 0 Å². The van der Waals surface area contributed by atoms with E-state index in [4.69, 9.17) is 15.4 Å². The van der Waals surface area contributed by atoms with Crippen molar-refractivity contribution in [2.75, 3.05) is 7.11 Å². The van der Waals surface area contributed by atoms with E-state index in [0.717, 1.165) is 11.1 Å². The Kier molecular flexibility index (Phi) is 3.85. The van der Waals surface area contributed by atoms with Gasteiger partial charge in [0.25, 0.3) is 9.05 Å². The molecule has 0 amide bonds. The van der Waals surface area contributed by atoms with E-state index in [1.807, 2.05) is 0 Å². The quantitative estimate of drug-likeness (QED) is 0.612. The molecule has 0 saturated carbocycles. The van der Waals surface area contributed by atoms with Crippen LogP contribution in [-0.2, 0) is 36.3 Å². The molecule has 1 atom stereocenters. The molecule has 0 N–H and O–H groups in total. The van der Waals surface area contributed by atoms with E-state index in [1.54, 1.807) is 13.0 Å². The van der Waals surface area contributed by atoms with Crippen LogP contribution in [0.1, 0.15) is 16.7 Å². The standard InChI is InChI=1S/C12H13ClO5S/c1-7-3-9-6-18-10(12(14)17-2)4-8(9)5-11(7)19(13,15)16/h3,5,10H,4,6H2,1-2H3. The summed E-state index contributed by atoms with van der Waals surface area (Å²) in [4.78, 5) is 11.5. The number of benzene rings is 1. The van der Waals surface area contributed by atoms with Crippen molar-refractivity contribution in [2.45, 2.75) is 31.0 Å². The Morgan fingerprint density at radius 1 is 1.42 bits per heavy atom. The van der Waals surface area contributed by atoms with Crippen LogP contribution >= 0.6 is 10.7 Å². The Labute approximate surface area is 115 Å². The Balaban J connectivity index is 2.42. The molecule has 1 aliphatic rings. The van der Waals surface area contributed by atoms with Crippen molar-refractivity contribution >= 4 is 25.7 Å². The van der Waals surface area contributed by atoms with Crippen LogP contribution < -0.4 is 0 Å². The number of aryl methyl sites for hydroxylation is 1. The summed E-state index contributed by atoms with van der Waals surface area (Å²) in [5, 5.41) is 0. The van der Waals surface area contributed by atoms with Gasteiger partial charge in [0.15, 0.2) is 6.10 Å². The highest BCUT2D eigenvalue weighted by Gasteiger charge is 2.28. The number of esters is 1. The molecule has 2 rings (SSSR count). The molecule has 0 aliphatic carbocycles. The summed E-state index contributed by atoms with van der Waals surface area (Å²) < 4.78 is 32.9. The SMILES string of the molecule is COC(=O)C1Cc2cc(S(=O)(=O)Cl)c(C)cc2CO1. The second-order valence-corrected chi connectivity index (χ2v) is 6.89. The molecule has 5 nitrogen and oxygen atoms in total. The van der Waals surface area contributed by atoms with Crippen molar-refractivity contribution < 1.29 is 22.7 Å². The second kappa shape index (κ2) is 5.11. The summed E-state index contributed by atoms with van der Waals surface area (Å²) >= 11 is 0. The van der Waals surface area contributed by atoms with Crippen molar-refractivity contribution in [3.8, 4) is 0 Å². The molecular weight excluding hydrogens is 292 g/mol. The number of ether oxygens (including phenoxy) is 2. The van der Waals surface area contributed by atoms with Crippen LogP contribution in [0.2, 0.25) is 0 Å². The highest BCUT2D eigenvalue weighted by atomic mass is 35.7. The van der Waals surface area contributed by atoms with E-state index in [9.17, 15) is 13.2 Å². The van der Waals surface area contributed by atoms with Crippen molar-refractivity contribution in [2.24, 2.45) is 0 Å². The van der Waals surface area contributed by atoms with E-state index < -0.39 is 21.1 Å². The number of fused-ring (bicyclic) bond motifs is 1. The van der Waals surface area contributed by atoms with E-state index in [1.165, 1.54) is 13.2 Å². The van der Waals surface area contributed by atoms with Crippen LogP contribution in [0.15, 0.2) is 17.0 Å². The molecule has 1 unspecified atom stereocenters. The molecule has 19 heavy (non-hydrogen) atoms. The molecule has 0 spiro atoms. The van der Waals surface area contributed by atoms with Gasteiger partial charge in [-0.25, -0.2) is 13.2 Å². The fourth-order valence-corrected chi connectivity index (χ4v) is 3.33. The minimum Gasteiger partial charge on any atom is -0.467 e. The topological polar surface area (TPSA) is 69.7 Å². The monoisotopic (exact) mass is 304 g/mol. The first-order chi connectivity index (χ1) is 8.82. The smallest absolute Gasteiger partial charge is 0.335 e. The number of rotatable bonds is 2. The van der Waals surface area contributed by atoms with Crippen molar-refractivity contribution in [3.05, 3.63) is 28.8 Å². The molecule has 0 radical (unpaired) electrons. The average molecular weight is 305 g/mol. The molecule has 1 aromatic carbocycles. The fourth-order valence-electron chi connectivity index (χ4n) is 2.11. The first kappa shape index (κ1) is 14.3. The first-order valence-corrected chi connectivity index (χ1v) is 7.90. The van der Waals surface area contributed by atoms with Gasteiger partial charge in [-0.3, -0.25) is 0 Å².